The minimum absolute atomic E-state index is 0.138. The predicted molar refractivity (Wildman–Crippen MR) is 81.2 cm³/mol. The van der Waals surface area contributed by atoms with Gasteiger partial charge in [0.05, 0.1) is 0 Å². The second kappa shape index (κ2) is 7.79. The number of benzene rings is 1. The highest BCUT2D eigenvalue weighted by Crippen LogP contribution is 2.16. The van der Waals surface area contributed by atoms with Crippen LogP contribution in [0, 0.1) is 0 Å². The first-order chi connectivity index (χ1) is 10.5. The molecule has 120 valence electrons. The first-order valence-corrected chi connectivity index (χ1v) is 7.46. The summed E-state index contributed by atoms with van der Waals surface area (Å²) in [4.78, 5) is 24.6. The Balaban J connectivity index is 1.70. The van der Waals surface area contributed by atoms with Crippen LogP contribution in [0.4, 0.5) is 0 Å². The standard InChI is InChI=1S/C16H22N2O4/c1-12(19)22-11-16(21)17-14-6-8-18(9-7-14)10-13-2-4-15(20)5-3-13/h2-5,14,20H,6-11H2,1H3,(H,17,21). The van der Waals surface area contributed by atoms with Gasteiger partial charge in [-0.2, -0.15) is 0 Å². The van der Waals surface area contributed by atoms with Crippen LogP contribution >= 0.6 is 0 Å². The van der Waals surface area contributed by atoms with E-state index in [1.165, 1.54) is 6.92 Å². The highest BCUT2D eigenvalue weighted by atomic mass is 16.5. The van der Waals surface area contributed by atoms with Crippen LogP contribution in [0.25, 0.3) is 0 Å². The van der Waals surface area contributed by atoms with Crippen LogP contribution in [0.5, 0.6) is 5.75 Å². The Kier molecular flexibility index (Phi) is 5.77. The molecule has 1 fully saturated rings. The lowest BCUT2D eigenvalue weighted by atomic mass is 10.0. The fraction of sp³-hybridized carbons (Fsp3) is 0.500. The Morgan fingerprint density at radius 1 is 1.27 bits per heavy atom. The van der Waals surface area contributed by atoms with Gasteiger partial charge in [0, 0.05) is 32.6 Å². The van der Waals surface area contributed by atoms with Crippen molar-refractivity contribution >= 4 is 11.9 Å². The predicted octanol–water partition coefficient (Wildman–Crippen LogP) is 1.04. The molecular formula is C16H22N2O4. The van der Waals surface area contributed by atoms with Gasteiger partial charge in [-0.05, 0) is 30.5 Å². The van der Waals surface area contributed by atoms with E-state index in [9.17, 15) is 14.7 Å². The maximum atomic E-state index is 11.6. The zero-order valence-corrected chi connectivity index (χ0v) is 12.7. The van der Waals surface area contributed by atoms with Crippen LogP contribution in [-0.2, 0) is 20.9 Å². The molecule has 2 rings (SSSR count). The first-order valence-electron chi connectivity index (χ1n) is 7.46. The Morgan fingerprint density at radius 2 is 1.91 bits per heavy atom. The number of esters is 1. The maximum absolute atomic E-state index is 11.6. The molecule has 1 aliphatic heterocycles. The van der Waals surface area contributed by atoms with Gasteiger partial charge in [0.15, 0.2) is 6.61 Å². The topological polar surface area (TPSA) is 78.9 Å². The number of carbonyl (C=O) groups is 2. The van der Waals surface area contributed by atoms with Crippen molar-refractivity contribution in [1.29, 1.82) is 0 Å². The van der Waals surface area contributed by atoms with E-state index in [2.05, 4.69) is 15.0 Å². The molecule has 0 unspecified atom stereocenters. The maximum Gasteiger partial charge on any atom is 0.303 e. The number of piperidine rings is 1. The molecule has 1 saturated heterocycles. The fourth-order valence-corrected chi connectivity index (χ4v) is 2.53. The van der Waals surface area contributed by atoms with Crippen LogP contribution in [0.1, 0.15) is 25.3 Å². The van der Waals surface area contributed by atoms with Crippen LogP contribution in [0.15, 0.2) is 24.3 Å². The van der Waals surface area contributed by atoms with E-state index in [4.69, 9.17) is 0 Å². The minimum Gasteiger partial charge on any atom is -0.508 e. The van der Waals surface area contributed by atoms with E-state index in [0.717, 1.165) is 38.0 Å². The Morgan fingerprint density at radius 3 is 2.50 bits per heavy atom. The first kappa shape index (κ1) is 16.3. The summed E-state index contributed by atoms with van der Waals surface area (Å²) < 4.78 is 4.67. The number of amides is 1. The summed E-state index contributed by atoms with van der Waals surface area (Å²) in [6, 6.07) is 7.36. The summed E-state index contributed by atoms with van der Waals surface area (Å²) >= 11 is 0. The van der Waals surface area contributed by atoms with Crippen LogP contribution in [0.3, 0.4) is 0 Å². The van der Waals surface area contributed by atoms with E-state index in [1.807, 2.05) is 12.1 Å². The Labute approximate surface area is 130 Å². The zero-order valence-electron chi connectivity index (χ0n) is 12.7. The normalized spacial score (nSPS) is 16.2. The van der Waals surface area contributed by atoms with Gasteiger partial charge in [0.2, 0.25) is 0 Å². The molecule has 0 aliphatic carbocycles. The molecular weight excluding hydrogens is 284 g/mol. The molecule has 1 aliphatic rings. The van der Waals surface area contributed by atoms with E-state index >= 15 is 0 Å². The summed E-state index contributed by atoms with van der Waals surface area (Å²) in [5, 5.41) is 12.2. The average molecular weight is 306 g/mol. The second-order valence-corrected chi connectivity index (χ2v) is 5.56. The number of phenolic OH excluding ortho intramolecular Hbond substituents is 1. The fourth-order valence-electron chi connectivity index (χ4n) is 2.53. The van der Waals surface area contributed by atoms with Crippen molar-refractivity contribution in [3.8, 4) is 5.75 Å². The van der Waals surface area contributed by atoms with Crippen molar-refractivity contribution in [2.45, 2.75) is 32.4 Å². The van der Waals surface area contributed by atoms with Crippen LogP contribution in [0.2, 0.25) is 0 Å². The number of hydrogen-bond acceptors (Lipinski definition) is 5. The largest absolute Gasteiger partial charge is 0.508 e. The summed E-state index contributed by atoms with van der Waals surface area (Å²) in [7, 11) is 0. The van der Waals surface area contributed by atoms with Crippen molar-refractivity contribution in [2.75, 3.05) is 19.7 Å². The molecule has 0 atom stereocenters. The molecule has 1 aromatic rings. The van der Waals surface area contributed by atoms with Gasteiger partial charge in [-0.1, -0.05) is 12.1 Å². The third kappa shape index (κ3) is 5.37. The number of hydrogen-bond donors (Lipinski definition) is 2. The van der Waals surface area contributed by atoms with Crippen LogP contribution in [-0.4, -0.2) is 47.6 Å². The average Bonchev–Trinajstić information content (AvgIpc) is 2.49. The van der Waals surface area contributed by atoms with Gasteiger partial charge in [-0.3, -0.25) is 14.5 Å². The molecule has 0 saturated carbocycles. The highest BCUT2D eigenvalue weighted by molar-refractivity contribution is 5.80. The molecule has 0 spiro atoms. The number of carbonyl (C=O) groups excluding carboxylic acids is 2. The molecule has 1 amide bonds. The molecule has 2 N–H and O–H groups in total. The number of rotatable bonds is 5. The van der Waals surface area contributed by atoms with Gasteiger partial charge in [0.1, 0.15) is 5.75 Å². The third-order valence-electron chi connectivity index (χ3n) is 3.70. The second-order valence-electron chi connectivity index (χ2n) is 5.56. The zero-order chi connectivity index (χ0) is 15.9. The summed E-state index contributed by atoms with van der Waals surface area (Å²) in [6.45, 7) is 3.73. The number of nitrogens with one attached hydrogen (secondary N) is 1. The molecule has 1 aromatic carbocycles. The van der Waals surface area contributed by atoms with E-state index in [-0.39, 0.29) is 24.3 Å². The molecule has 1 heterocycles. The number of likely N-dealkylation sites (tertiary alicyclic amines) is 1. The summed E-state index contributed by atoms with van der Waals surface area (Å²) in [6.07, 6.45) is 1.76. The number of phenols is 1. The van der Waals surface area contributed by atoms with Crippen molar-refractivity contribution in [1.82, 2.24) is 10.2 Å². The Bertz CT molecular complexity index is 507. The number of ether oxygens (including phenoxy) is 1. The summed E-state index contributed by atoms with van der Waals surface area (Å²) in [5.41, 5.74) is 1.16. The lowest BCUT2D eigenvalue weighted by molar-refractivity contribution is -0.146. The molecule has 0 aromatic heterocycles. The quantitative estimate of drug-likeness (QED) is 0.795. The third-order valence-corrected chi connectivity index (χ3v) is 3.70. The van der Waals surface area contributed by atoms with Gasteiger partial charge < -0.3 is 15.2 Å². The Hall–Kier alpha value is -2.08. The molecule has 6 nitrogen and oxygen atoms in total. The van der Waals surface area contributed by atoms with Gasteiger partial charge in [-0.25, -0.2) is 0 Å². The van der Waals surface area contributed by atoms with E-state index in [0.29, 0.717) is 0 Å². The SMILES string of the molecule is CC(=O)OCC(=O)NC1CCN(Cc2ccc(O)cc2)CC1. The van der Waals surface area contributed by atoms with Crippen molar-refractivity contribution in [3.63, 3.8) is 0 Å². The molecule has 0 bridgehead atoms. The van der Waals surface area contributed by atoms with Crippen LogP contribution < -0.4 is 5.32 Å². The van der Waals surface area contributed by atoms with Crippen molar-refractivity contribution < 1.29 is 19.4 Å². The summed E-state index contributed by atoms with van der Waals surface area (Å²) in [5.74, 6) is -0.413. The highest BCUT2D eigenvalue weighted by Gasteiger charge is 2.20. The van der Waals surface area contributed by atoms with Gasteiger partial charge in [0.25, 0.3) is 5.91 Å². The monoisotopic (exact) mass is 306 g/mol. The van der Waals surface area contributed by atoms with Gasteiger partial charge >= 0.3 is 5.97 Å². The lowest BCUT2D eigenvalue weighted by Gasteiger charge is -2.32. The molecule has 0 radical (unpaired) electrons. The van der Waals surface area contributed by atoms with E-state index < -0.39 is 5.97 Å². The number of aromatic hydroxyl groups is 1. The number of nitrogens with zero attached hydrogens (tertiary/aromatic N) is 1. The lowest BCUT2D eigenvalue weighted by Crippen LogP contribution is -2.45. The molecule has 22 heavy (non-hydrogen) atoms. The van der Waals surface area contributed by atoms with E-state index in [1.54, 1.807) is 12.1 Å². The van der Waals surface area contributed by atoms with Crippen molar-refractivity contribution in [3.05, 3.63) is 29.8 Å². The van der Waals surface area contributed by atoms with Crippen molar-refractivity contribution in [2.24, 2.45) is 0 Å². The van der Waals surface area contributed by atoms with Gasteiger partial charge in [-0.15, -0.1) is 0 Å². The smallest absolute Gasteiger partial charge is 0.303 e. The molecule has 6 heteroatoms. The minimum atomic E-state index is -0.445.